The van der Waals surface area contributed by atoms with Gasteiger partial charge in [0.2, 0.25) is 0 Å². The van der Waals surface area contributed by atoms with Crippen LogP contribution in [0.3, 0.4) is 0 Å². The van der Waals surface area contributed by atoms with Crippen molar-refractivity contribution in [1.29, 1.82) is 5.26 Å². The molecule has 5 heteroatoms. The molecule has 0 radical (unpaired) electrons. The highest BCUT2D eigenvalue weighted by molar-refractivity contribution is 5.91. The Hall–Kier alpha value is -3.91. The Morgan fingerprint density at radius 3 is 2.22 bits per heavy atom. The van der Waals surface area contributed by atoms with Crippen molar-refractivity contribution >= 4 is 5.97 Å². The second kappa shape index (κ2) is 11.5. The van der Waals surface area contributed by atoms with Crippen molar-refractivity contribution in [2.24, 2.45) is 0 Å². The molecule has 32 heavy (non-hydrogen) atoms. The van der Waals surface area contributed by atoms with Gasteiger partial charge in [0.05, 0.1) is 17.7 Å². The molecular formula is C27H24FNO3. The van der Waals surface area contributed by atoms with E-state index in [1.54, 1.807) is 18.2 Å². The third-order valence-electron chi connectivity index (χ3n) is 4.90. The quantitative estimate of drug-likeness (QED) is 0.156. The minimum absolute atomic E-state index is 0.0480. The van der Waals surface area contributed by atoms with Crippen molar-refractivity contribution in [2.75, 3.05) is 6.61 Å². The van der Waals surface area contributed by atoms with Crippen LogP contribution in [0.2, 0.25) is 0 Å². The molecule has 0 aliphatic carbocycles. The Bertz CT molecular complexity index is 1100. The standard InChI is InChI=1S/C27H24FNO3/c1-2-3-4-5-6-17-31-24-14-11-21(12-15-24)20-7-9-22(10-8-20)27(30)32-25-16-13-23(19-29)26(28)18-25/h2,7-16,18H,1,3-6,17H2. The summed E-state index contributed by atoms with van der Waals surface area (Å²) in [6.45, 7) is 4.41. The van der Waals surface area contributed by atoms with Crippen LogP contribution < -0.4 is 9.47 Å². The van der Waals surface area contributed by atoms with Gasteiger partial charge in [-0.1, -0.05) is 30.3 Å². The van der Waals surface area contributed by atoms with Crippen molar-refractivity contribution in [3.8, 4) is 28.7 Å². The van der Waals surface area contributed by atoms with Crippen LogP contribution in [0.4, 0.5) is 4.39 Å². The van der Waals surface area contributed by atoms with Crippen LogP contribution in [0.25, 0.3) is 11.1 Å². The molecule has 3 aromatic rings. The SMILES string of the molecule is C=CCCCCCOc1ccc(-c2ccc(C(=O)Oc3ccc(C#N)c(F)c3)cc2)cc1. The molecule has 0 saturated heterocycles. The number of unbranched alkanes of at least 4 members (excludes halogenated alkanes) is 3. The molecule has 0 atom stereocenters. The summed E-state index contributed by atoms with van der Waals surface area (Å²) in [5.74, 6) is -0.454. The molecule has 0 N–H and O–H groups in total. The van der Waals surface area contributed by atoms with Gasteiger partial charge in [-0.05, 0) is 73.2 Å². The number of allylic oxidation sites excluding steroid dienone is 1. The normalized spacial score (nSPS) is 10.2. The molecule has 162 valence electrons. The average Bonchev–Trinajstić information content (AvgIpc) is 2.82. The van der Waals surface area contributed by atoms with Gasteiger partial charge < -0.3 is 9.47 Å². The zero-order valence-electron chi connectivity index (χ0n) is 17.7. The lowest BCUT2D eigenvalue weighted by Crippen LogP contribution is -2.08. The second-order valence-electron chi connectivity index (χ2n) is 7.23. The van der Waals surface area contributed by atoms with Gasteiger partial charge in [-0.15, -0.1) is 6.58 Å². The van der Waals surface area contributed by atoms with E-state index in [1.165, 1.54) is 12.1 Å². The van der Waals surface area contributed by atoms with E-state index in [-0.39, 0.29) is 11.3 Å². The highest BCUT2D eigenvalue weighted by Crippen LogP contribution is 2.24. The fourth-order valence-electron chi connectivity index (χ4n) is 3.12. The first-order chi connectivity index (χ1) is 15.6. The highest BCUT2D eigenvalue weighted by atomic mass is 19.1. The number of hydrogen-bond donors (Lipinski definition) is 0. The first kappa shape index (κ1) is 22.8. The van der Waals surface area contributed by atoms with Gasteiger partial charge >= 0.3 is 5.97 Å². The predicted molar refractivity (Wildman–Crippen MR) is 122 cm³/mol. The molecular weight excluding hydrogens is 405 g/mol. The topological polar surface area (TPSA) is 59.3 Å². The maximum Gasteiger partial charge on any atom is 0.343 e. The Morgan fingerprint density at radius 1 is 0.938 bits per heavy atom. The predicted octanol–water partition coefficient (Wildman–Crippen LogP) is 6.71. The molecule has 0 bridgehead atoms. The molecule has 0 heterocycles. The number of benzene rings is 3. The van der Waals surface area contributed by atoms with E-state index in [4.69, 9.17) is 14.7 Å². The van der Waals surface area contributed by atoms with Gasteiger partial charge in [-0.25, -0.2) is 9.18 Å². The second-order valence-corrected chi connectivity index (χ2v) is 7.23. The monoisotopic (exact) mass is 429 g/mol. The van der Waals surface area contributed by atoms with Crippen LogP contribution in [0.5, 0.6) is 11.5 Å². The Kier molecular flexibility index (Phi) is 8.16. The largest absolute Gasteiger partial charge is 0.494 e. The van der Waals surface area contributed by atoms with Gasteiger partial charge in [0.15, 0.2) is 0 Å². The van der Waals surface area contributed by atoms with Crippen LogP contribution in [0.1, 0.15) is 41.6 Å². The van der Waals surface area contributed by atoms with E-state index in [9.17, 15) is 9.18 Å². The number of carbonyl (C=O) groups excluding carboxylic acids is 1. The molecule has 3 aromatic carbocycles. The summed E-state index contributed by atoms with van der Waals surface area (Å²) in [6, 6.07) is 20.2. The Balaban J connectivity index is 1.55. The number of hydrogen-bond acceptors (Lipinski definition) is 4. The summed E-state index contributed by atoms with van der Waals surface area (Å²) in [5.41, 5.74) is 2.18. The number of carbonyl (C=O) groups is 1. The molecule has 0 aromatic heterocycles. The summed E-state index contributed by atoms with van der Waals surface area (Å²) in [5, 5.41) is 8.77. The van der Waals surface area contributed by atoms with E-state index < -0.39 is 11.8 Å². The van der Waals surface area contributed by atoms with Crippen molar-refractivity contribution in [3.05, 3.63) is 96.3 Å². The Labute approximate surface area is 187 Å². The summed E-state index contributed by atoms with van der Waals surface area (Å²) in [4.78, 5) is 12.3. The minimum atomic E-state index is -0.728. The fraction of sp³-hybridized carbons (Fsp3) is 0.185. The van der Waals surface area contributed by atoms with Crippen LogP contribution in [0.15, 0.2) is 79.4 Å². The lowest BCUT2D eigenvalue weighted by molar-refractivity contribution is 0.0734. The molecule has 0 aliphatic rings. The molecule has 0 fully saturated rings. The summed E-state index contributed by atoms with van der Waals surface area (Å²) < 4.78 is 24.7. The Morgan fingerprint density at radius 2 is 1.59 bits per heavy atom. The van der Waals surface area contributed by atoms with Crippen molar-refractivity contribution in [3.63, 3.8) is 0 Å². The molecule has 0 spiro atoms. The van der Waals surface area contributed by atoms with Crippen LogP contribution in [0, 0.1) is 17.1 Å². The molecule has 0 saturated carbocycles. The van der Waals surface area contributed by atoms with E-state index in [0.717, 1.165) is 48.6 Å². The third kappa shape index (κ3) is 6.29. The smallest absolute Gasteiger partial charge is 0.343 e. The van der Waals surface area contributed by atoms with Gasteiger partial charge in [-0.3, -0.25) is 0 Å². The maximum atomic E-state index is 13.7. The van der Waals surface area contributed by atoms with E-state index in [0.29, 0.717) is 12.2 Å². The summed E-state index contributed by atoms with van der Waals surface area (Å²) >= 11 is 0. The first-order valence-corrected chi connectivity index (χ1v) is 10.5. The van der Waals surface area contributed by atoms with Crippen molar-refractivity contribution in [1.82, 2.24) is 0 Å². The lowest BCUT2D eigenvalue weighted by Gasteiger charge is -2.08. The van der Waals surface area contributed by atoms with Crippen LogP contribution >= 0.6 is 0 Å². The number of ether oxygens (including phenoxy) is 2. The summed E-state index contributed by atoms with van der Waals surface area (Å²) in [7, 11) is 0. The minimum Gasteiger partial charge on any atom is -0.494 e. The van der Waals surface area contributed by atoms with E-state index in [1.807, 2.05) is 42.5 Å². The van der Waals surface area contributed by atoms with Gasteiger partial charge in [-0.2, -0.15) is 5.26 Å². The zero-order chi connectivity index (χ0) is 22.8. The number of rotatable bonds is 10. The maximum absolute atomic E-state index is 13.7. The molecule has 0 amide bonds. The highest BCUT2D eigenvalue weighted by Gasteiger charge is 2.11. The average molecular weight is 429 g/mol. The number of esters is 1. The van der Waals surface area contributed by atoms with Crippen LogP contribution in [-0.4, -0.2) is 12.6 Å². The van der Waals surface area contributed by atoms with Gasteiger partial charge in [0.25, 0.3) is 0 Å². The van der Waals surface area contributed by atoms with Gasteiger partial charge in [0, 0.05) is 6.07 Å². The van der Waals surface area contributed by atoms with E-state index in [2.05, 4.69) is 6.58 Å². The fourth-order valence-corrected chi connectivity index (χ4v) is 3.12. The lowest BCUT2D eigenvalue weighted by atomic mass is 10.0. The molecule has 0 unspecified atom stereocenters. The van der Waals surface area contributed by atoms with Crippen LogP contribution in [-0.2, 0) is 0 Å². The van der Waals surface area contributed by atoms with E-state index >= 15 is 0 Å². The zero-order valence-corrected chi connectivity index (χ0v) is 17.7. The number of nitrogens with zero attached hydrogens (tertiary/aromatic N) is 1. The van der Waals surface area contributed by atoms with Crippen molar-refractivity contribution < 1.29 is 18.7 Å². The first-order valence-electron chi connectivity index (χ1n) is 10.5. The molecule has 4 nitrogen and oxygen atoms in total. The third-order valence-corrected chi connectivity index (χ3v) is 4.90. The summed E-state index contributed by atoms with van der Waals surface area (Å²) in [6.07, 6.45) is 6.26. The van der Waals surface area contributed by atoms with Crippen molar-refractivity contribution in [2.45, 2.75) is 25.7 Å². The molecule has 3 rings (SSSR count). The van der Waals surface area contributed by atoms with Gasteiger partial charge in [0.1, 0.15) is 23.4 Å². The molecule has 0 aliphatic heterocycles. The number of nitriles is 1. The number of halogens is 1.